The quantitative estimate of drug-likeness (QED) is 0.910. The molecule has 2 atom stereocenters. The van der Waals surface area contributed by atoms with Crippen LogP contribution in [0.4, 0.5) is 5.82 Å². The highest BCUT2D eigenvalue weighted by Crippen LogP contribution is 2.27. The molecule has 3 rings (SSSR count). The van der Waals surface area contributed by atoms with Crippen LogP contribution in [0.15, 0.2) is 17.2 Å². The van der Waals surface area contributed by atoms with Gasteiger partial charge in [-0.15, -0.1) is 0 Å². The van der Waals surface area contributed by atoms with Gasteiger partial charge in [0, 0.05) is 37.1 Å². The van der Waals surface area contributed by atoms with Crippen molar-refractivity contribution >= 4 is 5.82 Å². The highest BCUT2D eigenvalue weighted by Gasteiger charge is 2.35. The number of hydrogen-bond donors (Lipinski definition) is 1. The van der Waals surface area contributed by atoms with E-state index in [4.69, 9.17) is 0 Å². The lowest BCUT2D eigenvalue weighted by Crippen LogP contribution is -2.46. The van der Waals surface area contributed by atoms with Crippen LogP contribution >= 0.6 is 0 Å². The smallest absolute Gasteiger partial charge is 0.293 e. The molecule has 20 heavy (non-hydrogen) atoms. The Labute approximate surface area is 120 Å². The van der Waals surface area contributed by atoms with E-state index in [9.17, 15) is 4.79 Å². The molecule has 1 aromatic rings. The van der Waals surface area contributed by atoms with E-state index in [1.54, 1.807) is 17.0 Å². The fraction of sp³-hybridized carbons (Fsp3) is 0.733. The summed E-state index contributed by atoms with van der Waals surface area (Å²) in [6.07, 6.45) is 8.32. The molecule has 110 valence electrons. The van der Waals surface area contributed by atoms with Crippen molar-refractivity contribution in [3.63, 3.8) is 0 Å². The van der Waals surface area contributed by atoms with E-state index in [0.29, 0.717) is 17.9 Å². The van der Waals surface area contributed by atoms with Gasteiger partial charge >= 0.3 is 0 Å². The second-order valence-electron chi connectivity index (χ2n) is 6.16. The van der Waals surface area contributed by atoms with E-state index >= 15 is 0 Å². The fourth-order valence-corrected chi connectivity index (χ4v) is 3.53. The van der Waals surface area contributed by atoms with Gasteiger partial charge in [0.05, 0.1) is 0 Å². The van der Waals surface area contributed by atoms with Gasteiger partial charge < -0.3 is 14.8 Å². The number of anilines is 1. The van der Waals surface area contributed by atoms with Crippen molar-refractivity contribution in [2.24, 2.45) is 0 Å². The highest BCUT2D eigenvalue weighted by molar-refractivity contribution is 5.39. The Morgan fingerprint density at radius 2 is 2.20 bits per heavy atom. The molecule has 0 aliphatic carbocycles. The van der Waals surface area contributed by atoms with Crippen molar-refractivity contribution in [1.29, 1.82) is 0 Å². The van der Waals surface area contributed by atoms with Crippen LogP contribution < -0.4 is 15.8 Å². The lowest BCUT2D eigenvalue weighted by Gasteiger charge is -2.30. The Kier molecular flexibility index (Phi) is 3.78. The fourth-order valence-electron chi connectivity index (χ4n) is 3.53. The first-order valence-corrected chi connectivity index (χ1v) is 7.75. The first-order valence-electron chi connectivity index (χ1n) is 7.75. The summed E-state index contributed by atoms with van der Waals surface area (Å²) >= 11 is 0. The van der Waals surface area contributed by atoms with Gasteiger partial charge in [-0.2, -0.15) is 0 Å². The maximum absolute atomic E-state index is 12.6. The molecular weight excluding hydrogens is 252 g/mol. The van der Waals surface area contributed by atoms with Gasteiger partial charge in [-0.25, -0.2) is 4.98 Å². The van der Waals surface area contributed by atoms with Crippen molar-refractivity contribution in [3.8, 4) is 0 Å². The molecular formula is C15H24N4O. The van der Waals surface area contributed by atoms with Crippen LogP contribution in [-0.4, -0.2) is 34.7 Å². The van der Waals surface area contributed by atoms with Gasteiger partial charge in [-0.05, 0) is 46.1 Å². The number of nitrogens with zero attached hydrogens (tertiary/aromatic N) is 3. The topological polar surface area (TPSA) is 50.2 Å². The van der Waals surface area contributed by atoms with Gasteiger partial charge in [0.1, 0.15) is 0 Å². The van der Waals surface area contributed by atoms with E-state index < -0.39 is 0 Å². The molecule has 0 spiro atoms. The molecule has 2 aliphatic rings. The van der Waals surface area contributed by atoms with Crippen LogP contribution in [-0.2, 0) is 0 Å². The largest absolute Gasteiger partial charge is 0.347 e. The number of aromatic nitrogens is 2. The Balaban J connectivity index is 1.91. The van der Waals surface area contributed by atoms with Gasteiger partial charge in [-0.3, -0.25) is 4.79 Å². The number of hydrogen-bond acceptors (Lipinski definition) is 4. The van der Waals surface area contributed by atoms with Crippen molar-refractivity contribution in [3.05, 3.63) is 22.7 Å². The monoisotopic (exact) mass is 276 g/mol. The van der Waals surface area contributed by atoms with Crippen LogP contribution in [0.3, 0.4) is 0 Å². The molecule has 1 aromatic heterocycles. The average Bonchev–Trinajstić information content (AvgIpc) is 3.09. The summed E-state index contributed by atoms with van der Waals surface area (Å²) < 4.78 is 1.78. The predicted molar refractivity (Wildman–Crippen MR) is 80.3 cm³/mol. The zero-order chi connectivity index (χ0) is 14.1. The number of rotatable bonds is 3. The lowest BCUT2D eigenvalue weighted by molar-refractivity contribution is 0.477. The zero-order valence-corrected chi connectivity index (χ0v) is 12.4. The maximum Gasteiger partial charge on any atom is 0.293 e. The average molecular weight is 276 g/mol. The van der Waals surface area contributed by atoms with Gasteiger partial charge in [-0.1, -0.05) is 0 Å². The molecule has 2 fully saturated rings. The normalized spacial score (nSPS) is 26.6. The Bertz CT molecular complexity index is 519. The predicted octanol–water partition coefficient (Wildman–Crippen LogP) is 1.54. The standard InChI is InChI=1S/C15H24N4O/c1-11(2)18-10-8-17-14(15(18)20)19-9-4-6-13(19)12-5-3-7-16-12/h8,10-13,16H,3-7,9H2,1-2H3. The van der Waals surface area contributed by atoms with Gasteiger partial charge in [0.25, 0.3) is 5.56 Å². The maximum atomic E-state index is 12.6. The molecule has 0 bridgehead atoms. The van der Waals surface area contributed by atoms with Crippen LogP contribution in [0, 0.1) is 0 Å². The molecule has 0 amide bonds. The molecule has 3 heterocycles. The Hall–Kier alpha value is -1.36. The second kappa shape index (κ2) is 5.56. The summed E-state index contributed by atoms with van der Waals surface area (Å²) in [5, 5.41) is 3.58. The Morgan fingerprint density at radius 3 is 2.90 bits per heavy atom. The highest BCUT2D eigenvalue weighted by atomic mass is 16.1. The van der Waals surface area contributed by atoms with E-state index in [1.807, 2.05) is 13.8 Å². The summed E-state index contributed by atoms with van der Waals surface area (Å²) in [6.45, 7) is 6.12. The summed E-state index contributed by atoms with van der Waals surface area (Å²) in [6, 6.07) is 1.13. The summed E-state index contributed by atoms with van der Waals surface area (Å²) in [5.41, 5.74) is 0.0485. The first-order chi connectivity index (χ1) is 9.68. The molecule has 2 unspecified atom stereocenters. The van der Waals surface area contributed by atoms with Crippen molar-refractivity contribution in [2.75, 3.05) is 18.0 Å². The van der Waals surface area contributed by atoms with Crippen molar-refractivity contribution < 1.29 is 0 Å². The van der Waals surface area contributed by atoms with Crippen LogP contribution in [0.1, 0.15) is 45.6 Å². The summed E-state index contributed by atoms with van der Waals surface area (Å²) in [4.78, 5) is 19.2. The van der Waals surface area contributed by atoms with Crippen LogP contribution in [0.5, 0.6) is 0 Å². The minimum absolute atomic E-state index is 0.0485. The van der Waals surface area contributed by atoms with E-state index in [-0.39, 0.29) is 11.6 Å². The van der Waals surface area contributed by atoms with Crippen molar-refractivity contribution in [1.82, 2.24) is 14.9 Å². The number of nitrogens with one attached hydrogen (secondary N) is 1. The SMILES string of the molecule is CC(C)n1ccnc(N2CCCC2C2CCCN2)c1=O. The molecule has 2 saturated heterocycles. The van der Waals surface area contributed by atoms with E-state index in [0.717, 1.165) is 25.9 Å². The second-order valence-corrected chi connectivity index (χ2v) is 6.16. The third-order valence-corrected chi connectivity index (χ3v) is 4.54. The molecule has 2 aliphatic heterocycles. The van der Waals surface area contributed by atoms with Gasteiger partial charge in [0.2, 0.25) is 0 Å². The molecule has 0 saturated carbocycles. The third kappa shape index (κ3) is 2.35. The van der Waals surface area contributed by atoms with E-state index in [2.05, 4.69) is 15.2 Å². The zero-order valence-electron chi connectivity index (χ0n) is 12.4. The van der Waals surface area contributed by atoms with Crippen molar-refractivity contribution in [2.45, 2.75) is 57.7 Å². The van der Waals surface area contributed by atoms with Crippen LogP contribution in [0.2, 0.25) is 0 Å². The first kappa shape index (κ1) is 13.6. The molecule has 1 N–H and O–H groups in total. The molecule has 0 aromatic carbocycles. The Morgan fingerprint density at radius 1 is 1.35 bits per heavy atom. The summed E-state index contributed by atoms with van der Waals surface area (Å²) in [7, 11) is 0. The molecule has 0 radical (unpaired) electrons. The minimum atomic E-state index is 0.0485. The third-order valence-electron chi connectivity index (χ3n) is 4.54. The summed E-state index contributed by atoms with van der Waals surface area (Å²) in [5.74, 6) is 0.636. The lowest BCUT2D eigenvalue weighted by atomic mass is 10.0. The minimum Gasteiger partial charge on any atom is -0.347 e. The molecule has 5 nitrogen and oxygen atoms in total. The molecule has 5 heteroatoms. The van der Waals surface area contributed by atoms with Crippen LogP contribution in [0.25, 0.3) is 0 Å². The van der Waals surface area contributed by atoms with E-state index in [1.165, 1.54) is 12.8 Å². The van der Waals surface area contributed by atoms with Gasteiger partial charge in [0.15, 0.2) is 5.82 Å².